The highest BCUT2D eigenvalue weighted by Crippen LogP contribution is 2.53. The molecule has 4 heteroatoms. The van der Waals surface area contributed by atoms with Crippen molar-refractivity contribution in [3.8, 4) is 11.1 Å². The zero-order valence-corrected chi connectivity index (χ0v) is 38.4. The van der Waals surface area contributed by atoms with Crippen molar-refractivity contribution in [2.75, 3.05) is 14.7 Å². The van der Waals surface area contributed by atoms with Gasteiger partial charge < -0.3 is 19.1 Å². The minimum absolute atomic E-state index is 0.141. The van der Waals surface area contributed by atoms with Crippen LogP contribution in [0.15, 0.2) is 253 Å². The zero-order chi connectivity index (χ0) is 46.1. The van der Waals surface area contributed by atoms with E-state index in [2.05, 4.69) is 277 Å². The fourth-order valence-corrected chi connectivity index (χ4v) is 11.0. The Hall–Kier alpha value is -8.86. The summed E-state index contributed by atoms with van der Waals surface area (Å²) in [5.41, 5.74) is 16.3. The normalized spacial score (nSPS) is 12.6. The molecule has 0 aliphatic heterocycles. The molecule has 1 aromatic heterocycles. The van der Waals surface area contributed by atoms with Crippen LogP contribution in [0.4, 0.5) is 51.2 Å². The van der Waals surface area contributed by atoms with Crippen molar-refractivity contribution < 1.29 is 4.42 Å². The van der Waals surface area contributed by atoms with Crippen LogP contribution in [-0.4, -0.2) is 0 Å². The molecule has 0 amide bonds. The average Bonchev–Trinajstić information content (AvgIpc) is 3.90. The Kier molecular flexibility index (Phi) is 9.48. The van der Waals surface area contributed by atoms with Gasteiger partial charge in [0.05, 0.1) is 17.1 Å². The molecule has 328 valence electrons. The summed E-state index contributed by atoms with van der Waals surface area (Å²) in [5.74, 6) is 0. The van der Waals surface area contributed by atoms with E-state index in [0.717, 1.165) is 83.9 Å². The Morgan fingerprint density at radius 2 is 0.710 bits per heavy atom. The summed E-state index contributed by atoms with van der Waals surface area (Å²) >= 11 is 0. The summed E-state index contributed by atoms with van der Waals surface area (Å²) in [7, 11) is 0. The molecule has 0 unspecified atom stereocenters. The van der Waals surface area contributed by atoms with Crippen molar-refractivity contribution in [1.29, 1.82) is 0 Å². The van der Waals surface area contributed by atoms with Gasteiger partial charge in [0.1, 0.15) is 11.2 Å². The predicted molar refractivity (Wildman–Crippen MR) is 290 cm³/mol. The first kappa shape index (κ1) is 40.4. The van der Waals surface area contributed by atoms with E-state index in [-0.39, 0.29) is 5.41 Å². The van der Waals surface area contributed by atoms with E-state index in [0.29, 0.717) is 0 Å². The Labute approximate surface area is 402 Å². The fraction of sp³-hybridized carbons (Fsp3) is 0.0462. The maximum atomic E-state index is 6.77. The molecule has 13 rings (SSSR count). The third-order valence-electron chi connectivity index (χ3n) is 14.1. The number of anilines is 9. The molecule has 1 heterocycles. The number of hydrogen-bond acceptors (Lipinski definition) is 4. The molecule has 12 aromatic rings. The van der Waals surface area contributed by atoms with Crippen molar-refractivity contribution in [3.63, 3.8) is 0 Å². The summed E-state index contributed by atoms with van der Waals surface area (Å²) in [4.78, 5) is 7.20. The Morgan fingerprint density at radius 1 is 0.290 bits per heavy atom. The third kappa shape index (κ3) is 6.67. The number of furan rings is 1. The Balaban J connectivity index is 1.14. The van der Waals surface area contributed by atoms with Gasteiger partial charge in [-0.25, -0.2) is 0 Å². The van der Waals surface area contributed by atoms with Gasteiger partial charge in [-0.15, -0.1) is 0 Å². The lowest BCUT2D eigenvalue weighted by molar-refractivity contribution is 0.660. The maximum absolute atomic E-state index is 6.77. The third-order valence-corrected chi connectivity index (χ3v) is 14.1. The summed E-state index contributed by atoms with van der Waals surface area (Å²) in [6.07, 6.45) is 0. The molecule has 0 radical (unpaired) electrons. The SMILES string of the molecule is CC1(C)c2ccccc2-c2cc(N(c3cc(N(c4ccccc4)c4ccccc4)cc(N(c4ccccc4)c4ccccc4)c3)c3ccc4c5ccccc5c5oc6ccccc6c5c4c3)ccc21. The van der Waals surface area contributed by atoms with E-state index in [4.69, 9.17) is 4.42 Å². The molecule has 4 nitrogen and oxygen atoms in total. The van der Waals surface area contributed by atoms with Crippen LogP contribution in [0.25, 0.3) is 54.6 Å². The highest BCUT2D eigenvalue weighted by Gasteiger charge is 2.36. The molecular weight excluding hydrogens is 839 g/mol. The van der Waals surface area contributed by atoms with Gasteiger partial charge in [0.2, 0.25) is 0 Å². The first-order valence-electron chi connectivity index (χ1n) is 23.8. The van der Waals surface area contributed by atoms with E-state index < -0.39 is 0 Å². The van der Waals surface area contributed by atoms with Gasteiger partial charge in [0.25, 0.3) is 0 Å². The lowest BCUT2D eigenvalue weighted by atomic mass is 9.82. The molecule has 1 aliphatic carbocycles. The monoisotopic (exact) mass is 885 g/mol. The summed E-state index contributed by atoms with van der Waals surface area (Å²) < 4.78 is 6.77. The topological polar surface area (TPSA) is 22.9 Å². The number of hydrogen-bond donors (Lipinski definition) is 0. The minimum atomic E-state index is -0.141. The van der Waals surface area contributed by atoms with E-state index in [9.17, 15) is 0 Å². The first-order valence-corrected chi connectivity index (χ1v) is 23.8. The molecule has 0 N–H and O–H groups in total. The molecule has 0 fully saturated rings. The first-order chi connectivity index (χ1) is 34.0. The van der Waals surface area contributed by atoms with Crippen LogP contribution in [0.3, 0.4) is 0 Å². The van der Waals surface area contributed by atoms with E-state index in [1.165, 1.54) is 33.0 Å². The fourth-order valence-electron chi connectivity index (χ4n) is 11.0. The van der Waals surface area contributed by atoms with Gasteiger partial charge in [-0.1, -0.05) is 166 Å². The number of nitrogens with zero attached hydrogens (tertiary/aromatic N) is 3. The second-order valence-corrected chi connectivity index (χ2v) is 18.5. The van der Waals surface area contributed by atoms with Crippen LogP contribution >= 0.6 is 0 Å². The Bertz CT molecular complexity index is 3700. The van der Waals surface area contributed by atoms with E-state index >= 15 is 0 Å². The van der Waals surface area contributed by atoms with Crippen molar-refractivity contribution in [2.45, 2.75) is 19.3 Å². The van der Waals surface area contributed by atoms with Gasteiger partial charge in [-0.05, 0) is 135 Å². The van der Waals surface area contributed by atoms with Crippen LogP contribution in [0.5, 0.6) is 0 Å². The number of fused-ring (bicyclic) bond motifs is 11. The van der Waals surface area contributed by atoms with Crippen LogP contribution in [0.2, 0.25) is 0 Å². The van der Waals surface area contributed by atoms with Gasteiger partial charge >= 0.3 is 0 Å². The number of rotatable bonds is 9. The molecule has 11 aromatic carbocycles. The molecule has 69 heavy (non-hydrogen) atoms. The predicted octanol–water partition coefficient (Wildman–Crippen LogP) is 18.6. The average molecular weight is 886 g/mol. The molecular formula is C65H47N3O. The molecule has 0 atom stereocenters. The van der Waals surface area contributed by atoms with E-state index in [1.54, 1.807) is 0 Å². The number of benzene rings is 11. The Morgan fingerprint density at radius 3 is 1.29 bits per heavy atom. The van der Waals surface area contributed by atoms with Gasteiger partial charge in [-0.3, -0.25) is 0 Å². The highest BCUT2D eigenvalue weighted by molar-refractivity contribution is 6.30. The van der Waals surface area contributed by atoms with Gasteiger partial charge in [0, 0.05) is 55.7 Å². The van der Waals surface area contributed by atoms with Crippen molar-refractivity contribution in [2.24, 2.45) is 0 Å². The highest BCUT2D eigenvalue weighted by atomic mass is 16.3. The standard InChI is InChI=1S/C65H47N3O/c1-65(2)60-33-19-17-30-55(60)58-42-49(36-38-61(58)65)68(48-35-37-54-53-29-15-16-31-56(53)64-63(59(54)43-48)57-32-18-20-34-62(57)69-64)52-40-50(66(44-21-7-3-8-22-44)45-23-9-4-10-24-45)39-51(41-52)67(46-25-11-5-12-26-46)47-27-13-6-14-28-47/h3-43H,1-2H3. The van der Waals surface area contributed by atoms with Crippen LogP contribution < -0.4 is 14.7 Å². The molecule has 0 bridgehead atoms. The van der Waals surface area contributed by atoms with Crippen LogP contribution in [0.1, 0.15) is 25.0 Å². The van der Waals surface area contributed by atoms with Crippen LogP contribution in [0, 0.1) is 0 Å². The summed E-state index contributed by atoms with van der Waals surface area (Å²) in [5, 5.41) is 6.84. The second kappa shape index (κ2) is 16.2. The summed E-state index contributed by atoms with van der Waals surface area (Å²) in [6, 6.07) is 90.0. The molecule has 0 saturated carbocycles. The lowest BCUT2D eigenvalue weighted by Gasteiger charge is -2.33. The largest absolute Gasteiger partial charge is 0.455 e. The van der Waals surface area contributed by atoms with Crippen molar-refractivity contribution in [1.82, 2.24) is 0 Å². The maximum Gasteiger partial charge on any atom is 0.143 e. The van der Waals surface area contributed by atoms with Crippen molar-refractivity contribution >= 4 is 94.7 Å². The van der Waals surface area contributed by atoms with Gasteiger partial charge in [0.15, 0.2) is 0 Å². The second-order valence-electron chi connectivity index (χ2n) is 18.5. The molecule has 1 aliphatic rings. The lowest BCUT2D eigenvalue weighted by Crippen LogP contribution is -2.17. The zero-order valence-electron chi connectivity index (χ0n) is 38.4. The molecule has 0 spiro atoms. The quantitative estimate of drug-likeness (QED) is 0.135. The van der Waals surface area contributed by atoms with Gasteiger partial charge in [-0.2, -0.15) is 0 Å². The minimum Gasteiger partial charge on any atom is -0.455 e. The molecule has 0 saturated heterocycles. The summed E-state index contributed by atoms with van der Waals surface area (Å²) in [6.45, 7) is 4.70. The van der Waals surface area contributed by atoms with E-state index in [1.807, 2.05) is 0 Å². The van der Waals surface area contributed by atoms with Crippen molar-refractivity contribution in [3.05, 3.63) is 260 Å². The number of para-hydroxylation sites is 5. The smallest absolute Gasteiger partial charge is 0.143 e. The van der Waals surface area contributed by atoms with Crippen LogP contribution in [-0.2, 0) is 5.41 Å².